The third kappa shape index (κ3) is 4.42. The van der Waals surface area contributed by atoms with Gasteiger partial charge in [0.05, 0.1) is 34.7 Å². The van der Waals surface area contributed by atoms with Gasteiger partial charge in [0, 0.05) is 38.1 Å². The number of fused-ring (bicyclic) bond motifs is 3. The third-order valence-electron chi connectivity index (χ3n) is 7.31. The predicted molar refractivity (Wildman–Crippen MR) is 169 cm³/mol. The van der Waals surface area contributed by atoms with Crippen LogP contribution < -0.4 is 0 Å². The average molecular weight is 559 g/mol. The van der Waals surface area contributed by atoms with E-state index in [4.69, 9.17) is 4.98 Å². The monoisotopic (exact) mass is 558 g/mol. The quantitative estimate of drug-likeness (QED) is 0.212. The summed E-state index contributed by atoms with van der Waals surface area (Å²) in [5, 5.41) is 11.5. The van der Waals surface area contributed by atoms with Gasteiger partial charge in [0.1, 0.15) is 5.69 Å². The second-order valence-corrected chi connectivity index (χ2v) is 11.0. The van der Waals surface area contributed by atoms with E-state index in [1.807, 2.05) is 58.6 Å². The normalized spacial score (nSPS) is 11.3. The van der Waals surface area contributed by atoms with Crippen molar-refractivity contribution in [1.82, 2.24) is 29.9 Å². The van der Waals surface area contributed by atoms with Crippen LogP contribution in [0.25, 0.3) is 71.0 Å². The van der Waals surface area contributed by atoms with E-state index in [0.717, 1.165) is 50.8 Å². The number of benzene rings is 3. The second-order valence-electron chi connectivity index (χ2n) is 9.96. The van der Waals surface area contributed by atoms with Crippen LogP contribution in [0.15, 0.2) is 134 Å². The van der Waals surface area contributed by atoms with Crippen molar-refractivity contribution in [2.75, 3.05) is 0 Å². The Bertz CT molecular complexity index is 2130. The maximum absolute atomic E-state index is 4.88. The van der Waals surface area contributed by atoms with Gasteiger partial charge in [-0.25, -0.2) is 9.67 Å². The lowest BCUT2D eigenvalue weighted by atomic mass is 10.0. The number of nitrogens with zero attached hydrogens (tertiary/aromatic N) is 6. The molecule has 0 N–H and O–H groups in total. The summed E-state index contributed by atoms with van der Waals surface area (Å²) in [6.07, 6.45) is 5.55. The summed E-state index contributed by atoms with van der Waals surface area (Å²) in [4.78, 5) is 13.9. The molecule has 3 aromatic carbocycles. The zero-order valence-corrected chi connectivity index (χ0v) is 23.1. The minimum atomic E-state index is 0.800. The molecule has 0 atom stereocenters. The lowest BCUT2D eigenvalue weighted by Crippen LogP contribution is -1.96. The zero-order chi connectivity index (χ0) is 27.9. The van der Waals surface area contributed by atoms with Crippen molar-refractivity contribution in [3.8, 4) is 50.8 Å². The SMILES string of the molecule is c1ccc(-c2cc(-c3ccc(-n4cc(-c5ccc6sc7ccccc7c6c5)nn4)cc3)cc(-c3ccccn3)n2)nc1. The van der Waals surface area contributed by atoms with Gasteiger partial charge in [0.25, 0.3) is 0 Å². The predicted octanol–water partition coefficient (Wildman–Crippen LogP) is 8.49. The largest absolute Gasteiger partial charge is 0.255 e. The molecule has 0 aliphatic rings. The van der Waals surface area contributed by atoms with Crippen LogP contribution in [0.4, 0.5) is 0 Å². The molecule has 0 unspecified atom stereocenters. The van der Waals surface area contributed by atoms with E-state index in [9.17, 15) is 0 Å². The molecule has 8 aromatic rings. The summed E-state index contributed by atoms with van der Waals surface area (Å²) >= 11 is 1.81. The summed E-state index contributed by atoms with van der Waals surface area (Å²) in [5.41, 5.74) is 8.15. The van der Waals surface area contributed by atoms with E-state index >= 15 is 0 Å². The molecule has 0 saturated carbocycles. The Kier molecular flexibility index (Phi) is 5.86. The Morgan fingerprint density at radius 3 is 1.88 bits per heavy atom. The summed E-state index contributed by atoms with van der Waals surface area (Å²) < 4.78 is 4.39. The van der Waals surface area contributed by atoms with Crippen molar-refractivity contribution in [3.05, 3.63) is 134 Å². The van der Waals surface area contributed by atoms with Crippen LogP contribution in [0.5, 0.6) is 0 Å². The van der Waals surface area contributed by atoms with Crippen molar-refractivity contribution < 1.29 is 0 Å². The highest BCUT2D eigenvalue weighted by molar-refractivity contribution is 7.25. The van der Waals surface area contributed by atoms with Gasteiger partial charge in [-0.2, -0.15) is 0 Å². The van der Waals surface area contributed by atoms with Crippen LogP contribution in [-0.4, -0.2) is 29.9 Å². The minimum Gasteiger partial charge on any atom is -0.255 e. The Morgan fingerprint density at radius 1 is 0.500 bits per heavy atom. The topological polar surface area (TPSA) is 69.4 Å². The molecule has 0 aliphatic carbocycles. The van der Waals surface area contributed by atoms with Gasteiger partial charge in [-0.15, -0.1) is 16.4 Å². The van der Waals surface area contributed by atoms with E-state index in [1.165, 1.54) is 20.2 Å². The lowest BCUT2D eigenvalue weighted by Gasteiger charge is -2.10. The standard InChI is InChI=1S/C35H22N6S/c1-2-10-34-27(7-1)28-19-24(13-16-35(28)42-34)33-22-41(40-39-33)26-14-11-23(12-15-26)25-20-31(29-8-3-5-17-36-29)38-32(21-25)30-9-4-6-18-37-30/h1-22H. The number of hydrogen-bond acceptors (Lipinski definition) is 6. The Labute approximate surface area is 245 Å². The fraction of sp³-hybridized carbons (Fsp3) is 0. The molecule has 0 aliphatic heterocycles. The first-order valence-corrected chi connectivity index (χ1v) is 14.4. The molecule has 0 spiro atoms. The molecule has 0 radical (unpaired) electrons. The van der Waals surface area contributed by atoms with E-state index < -0.39 is 0 Å². The maximum atomic E-state index is 4.88. The summed E-state index contributed by atoms with van der Waals surface area (Å²) in [6.45, 7) is 0. The molecular formula is C35H22N6S. The van der Waals surface area contributed by atoms with Gasteiger partial charge in [-0.05, 0) is 77.9 Å². The van der Waals surface area contributed by atoms with Crippen LogP contribution >= 0.6 is 11.3 Å². The van der Waals surface area contributed by atoms with Crippen LogP contribution in [0.1, 0.15) is 0 Å². The van der Waals surface area contributed by atoms with Crippen molar-refractivity contribution in [2.45, 2.75) is 0 Å². The molecule has 42 heavy (non-hydrogen) atoms. The highest BCUT2D eigenvalue weighted by Gasteiger charge is 2.12. The summed E-state index contributed by atoms with van der Waals surface area (Å²) in [6, 6.07) is 39.2. The molecule has 7 heteroatoms. The molecular weight excluding hydrogens is 536 g/mol. The molecule has 5 aromatic heterocycles. The number of thiophene rings is 1. The molecule has 0 saturated heterocycles. The minimum absolute atomic E-state index is 0.800. The molecule has 6 nitrogen and oxygen atoms in total. The van der Waals surface area contributed by atoms with Crippen LogP contribution in [-0.2, 0) is 0 Å². The Morgan fingerprint density at radius 2 is 1.17 bits per heavy atom. The van der Waals surface area contributed by atoms with Gasteiger partial charge in [0.2, 0.25) is 0 Å². The molecule has 5 heterocycles. The summed E-state index contributed by atoms with van der Waals surface area (Å²) in [5.74, 6) is 0. The first kappa shape index (κ1) is 24.3. The molecule has 0 amide bonds. The second kappa shape index (κ2) is 10.1. The molecule has 0 bridgehead atoms. The number of aromatic nitrogens is 6. The number of rotatable bonds is 5. The molecule has 8 rings (SSSR count). The number of hydrogen-bond donors (Lipinski definition) is 0. The first-order chi connectivity index (χ1) is 20.8. The van der Waals surface area contributed by atoms with Crippen molar-refractivity contribution >= 4 is 31.5 Å². The Hall–Kier alpha value is -5.53. The van der Waals surface area contributed by atoms with Crippen molar-refractivity contribution in [1.29, 1.82) is 0 Å². The first-order valence-electron chi connectivity index (χ1n) is 13.6. The van der Waals surface area contributed by atoms with Gasteiger partial charge in [-0.3, -0.25) is 9.97 Å². The lowest BCUT2D eigenvalue weighted by molar-refractivity contribution is 0.804. The fourth-order valence-electron chi connectivity index (χ4n) is 5.20. The highest BCUT2D eigenvalue weighted by atomic mass is 32.1. The van der Waals surface area contributed by atoms with Crippen molar-refractivity contribution in [2.24, 2.45) is 0 Å². The van der Waals surface area contributed by atoms with Gasteiger partial charge in [0.15, 0.2) is 0 Å². The van der Waals surface area contributed by atoms with Gasteiger partial charge >= 0.3 is 0 Å². The van der Waals surface area contributed by atoms with Crippen LogP contribution in [0, 0.1) is 0 Å². The average Bonchev–Trinajstić information content (AvgIpc) is 3.71. The van der Waals surface area contributed by atoms with E-state index in [1.54, 1.807) is 12.4 Å². The third-order valence-corrected chi connectivity index (χ3v) is 8.46. The zero-order valence-electron chi connectivity index (χ0n) is 22.3. The molecule has 198 valence electrons. The number of pyridine rings is 3. The maximum Gasteiger partial charge on any atom is 0.113 e. The van der Waals surface area contributed by atoms with Crippen LogP contribution in [0.3, 0.4) is 0 Å². The van der Waals surface area contributed by atoms with E-state index in [0.29, 0.717) is 0 Å². The smallest absolute Gasteiger partial charge is 0.113 e. The summed E-state index contributed by atoms with van der Waals surface area (Å²) in [7, 11) is 0. The van der Waals surface area contributed by atoms with E-state index in [2.05, 4.69) is 99.1 Å². The highest BCUT2D eigenvalue weighted by Crippen LogP contribution is 2.36. The van der Waals surface area contributed by atoms with Crippen LogP contribution in [0.2, 0.25) is 0 Å². The van der Waals surface area contributed by atoms with E-state index in [-0.39, 0.29) is 0 Å². The van der Waals surface area contributed by atoms with Gasteiger partial charge in [-0.1, -0.05) is 53.7 Å². The van der Waals surface area contributed by atoms with Crippen molar-refractivity contribution in [3.63, 3.8) is 0 Å². The molecule has 0 fully saturated rings. The van der Waals surface area contributed by atoms with Gasteiger partial charge < -0.3 is 0 Å². The fourth-order valence-corrected chi connectivity index (χ4v) is 6.29. The Balaban J connectivity index is 1.13.